The summed E-state index contributed by atoms with van der Waals surface area (Å²) in [6.45, 7) is 0. The third-order valence-corrected chi connectivity index (χ3v) is 7.77. The first-order chi connectivity index (χ1) is 17.5. The van der Waals surface area contributed by atoms with Gasteiger partial charge in [0.15, 0.2) is 5.78 Å². The fraction of sp³-hybridized carbons (Fsp3) is 0.138. The first-order valence-corrected chi connectivity index (χ1v) is 12.4. The number of rotatable bonds is 4. The fourth-order valence-corrected chi connectivity index (χ4v) is 6.26. The molecule has 0 saturated carbocycles. The molecule has 0 aliphatic carbocycles. The number of halogens is 2. The normalized spacial score (nSPS) is 24.5. The van der Waals surface area contributed by atoms with E-state index in [1.165, 1.54) is 0 Å². The van der Waals surface area contributed by atoms with Gasteiger partial charge in [-0.05, 0) is 41.5 Å². The molecule has 1 spiro atoms. The van der Waals surface area contributed by atoms with Gasteiger partial charge in [0.2, 0.25) is 5.91 Å². The van der Waals surface area contributed by atoms with Crippen LogP contribution in [0.15, 0.2) is 97.2 Å². The lowest BCUT2D eigenvalue weighted by atomic mass is 9.69. The standard InChI is InChI=1S/C29H21Cl2N3O2/c30-18-13-14-19(21(31)16-18)24-25(27(35)23-12-6-7-15-32-23)29(34-26(24)17-8-2-1-3-9-17)20-10-4-5-11-22(20)33-28(29)36/h1-16,24-26,34H,(H,33,36)/t24-,25+,26+,29?/m1/s1. The zero-order valence-electron chi connectivity index (χ0n) is 19.0. The molecule has 4 atom stereocenters. The van der Waals surface area contributed by atoms with Crippen molar-refractivity contribution in [1.82, 2.24) is 10.3 Å². The second-order valence-electron chi connectivity index (χ2n) is 9.09. The second-order valence-corrected chi connectivity index (χ2v) is 9.93. The van der Waals surface area contributed by atoms with Crippen LogP contribution in [0.2, 0.25) is 10.0 Å². The smallest absolute Gasteiger partial charge is 0.250 e. The minimum Gasteiger partial charge on any atom is -0.324 e. The number of benzene rings is 3. The van der Waals surface area contributed by atoms with Crippen molar-refractivity contribution in [3.8, 4) is 0 Å². The van der Waals surface area contributed by atoms with Crippen LogP contribution in [0.3, 0.4) is 0 Å². The molecule has 5 nitrogen and oxygen atoms in total. The van der Waals surface area contributed by atoms with Crippen molar-refractivity contribution in [2.75, 3.05) is 5.32 Å². The number of aromatic nitrogens is 1. The predicted molar refractivity (Wildman–Crippen MR) is 140 cm³/mol. The van der Waals surface area contributed by atoms with E-state index in [1.54, 1.807) is 36.5 Å². The Bertz CT molecular complexity index is 1480. The molecular formula is C29H21Cl2N3O2. The maximum absolute atomic E-state index is 14.4. The van der Waals surface area contributed by atoms with Crippen molar-refractivity contribution in [3.63, 3.8) is 0 Å². The third-order valence-electron chi connectivity index (χ3n) is 7.21. The molecule has 1 unspecified atom stereocenters. The van der Waals surface area contributed by atoms with Gasteiger partial charge in [-0.3, -0.25) is 19.9 Å². The van der Waals surface area contributed by atoms with Crippen molar-refractivity contribution in [1.29, 1.82) is 0 Å². The van der Waals surface area contributed by atoms with Crippen LogP contribution in [-0.4, -0.2) is 16.7 Å². The molecule has 4 aromatic rings. The van der Waals surface area contributed by atoms with Crippen molar-refractivity contribution in [2.45, 2.75) is 17.5 Å². The first-order valence-electron chi connectivity index (χ1n) is 11.6. The maximum atomic E-state index is 14.4. The number of fused-ring (bicyclic) bond motifs is 2. The molecule has 1 fully saturated rings. The number of para-hydroxylation sites is 1. The molecule has 2 aliphatic heterocycles. The van der Waals surface area contributed by atoms with Gasteiger partial charge in [-0.25, -0.2) is 0 Å². The lowest BCUT2D eigenvalue weighted by Gasteiger charge is -2.31. The summed E-state index contributed by atoms with van der Waals surface area (Å²) in [5.74, 6) is -1.82. The van der Waals surface area contributed by atoms with E-state index >= 15 is 0 Å². The maximum Gasteiger partial charge on any atom is 0.250 e. The lowest BCUT2D eigenvalue weighted by Crippen LogP contribution is -2.51. The highest BCUT2D eigenvalue weighted by Crippen LogP contribution is 2.58. The van der Waals surface area contributed by atoms with Gasteiger partial charge in [-0.2, -0.15) is 0 Å². The molecule has 2 aliphatic rings. The van der Waals surface area contributed by atoms with Gasteiger partial charge in [0.25, 0.3) is 0 Å². The summed E-state index contributed by atoms with van der Waals surface area (Å²) < 4.78 is 0. The molecule has 2 N–H and O–H groups in total. The van der Waals surface area contributed by atoms with E-state index in [1.807, 2.05) is 60.7 Å². The number of ketones is 1. The number of anilines is 1. The third kappa shape index (κ3) is 3.46. The summed E-state index contributed by atoms with van der Waals surface area (Å²) in [5.41, 5.74) is 2.08. The first kappa shape index (κ1) is 22.9. The molecule has 0 bridgehead atoms. The summed E-state index contributed by atoms with van der Waals surface area (Å²) >= 11 is 13.0. The number of carbonyl (C=O) groups is 2. The largest absolute Gasteiger partial charge is 0.324 e. The number of nitrogens with zero attached hydrogens (tertiary/aromatic N) is 1. The second kappa shape index (κ2) is 8.86. The molecule has 6 rings (SSSR count). The highest BCUT2D eigenvalue weighted by molar-refractivity contribution is 6.35. The van der Waals surface area contributed by atoms with Crippen molar-refractivity contribution in [3.05, 3.63) is 130 Å². The Morgan fingerprint density at radius 2 is 1.64 bits per heavy atom. The van der Waals surface area contributed by atoms with Crippen LogP contribution < -0.4 is 10.6 Å². The number of pyridine rings is 1. The monoisotopic (exact) mass is 513 g/mol. The van der Waals surface area contributed by atoms with E-state index in [4.69, 9.17) is 23.2 Å². The summed E-state index contributed by atoms with van der Waals surface area (Å²) in [5, 5.41) is 7.57. The molecule has 7 heteroatoms. The van der Waals surface area contributed by atoms with Crippen LogP contribution in [0.1, 0.15) is 39.1 Å². The van der Waals surface area contributed by atoms with Crippen LogP contribution in [0.4, 0.5) is 5.69 Å². The number of carbonyl (C=O) groups excluding carboxylic acids is 2. The van der Waals surface area contributed by atoms with Gasteiger partial charge < -0.3 is 5.32 Å². The van der Waals surface area contributed by atoms with E-state index < -0.39 is 17.4 Å². The number of hydrogen-bond donors (Lipinski definition) is 2. The highest BCUT2D eigenvalue weighted by atomic mass is 35.5. The van der Waals surface area contributed by atoms with E-state index in [2.05, 4.69) is 15.6 Å². The van der Waals surface area contributed by atoms with Gasteiger partial charge in [0.1, 0.15) is 11.2 Å². The van der Waals surface area contributed by atoms with Gasteiger partial charge >= 0.3 is 0 Å². The van der Waals surface area contributed by atoms with Crippen LogP contribution in [0, 0.1) is 5.92 Å². The van der Waals surface area contributed by atoms with Crippen LogP contribution in [0.5, 0.6) is 0 Å². The Morgan fingerprint density at radius 1 is 0.889 bits per heavy atom. The van der Waals surface area contributed by atoms with Gasteiger partial charge in [0.05, 0.1) is 5.92 Å². The van der Waals surface area contributed by atoms with Crippen molar-refractivity contribution < 1.29 is 9.59 Å². The molecule has 3 heterocycles. The summed E-state index contributed by atoms with van der Waals surface area (Å²) in [7, 11) is 0. The van der Waals surface area contributed by atoms with Crippen molar-refractivity contribution in [2.24, 2.45) is 5.92 Å². The van der Waals surface area contributed by atoms with Gasteiger partial charge in [0, 0.05) is 39.5 Å². The quantitative estimate of drug-likeness (QED) is 0.320. The number of hydrogen-bond acceptors (Lipinski definition) is 4. The van der Waals surface area contributed by atoms with Crippen LogP contribution >= 0.6 is 23.2 Å². The molecule has 1 aromatic heterocycles. The minimum atomic E-state index is -1.32. The topological polar surface area (TPSA) is 71.1 Å². The van der Waals surface area contributed by atoms with E-state index in [-0.39, 0.29) is 17.7 Å². The summed E-state index contributed by atoms with van der Waals surface area (Å²) in [4.78, 5) is 32.6. The summed E-state index contributed by atoms with van der Waals surface area (Å²) in [6.07, 6.45) is 1.59. The molecule has 1 saturated heterocycles. The Hall–Kier alpha value is -3.51. The zero-order valence-corrected chi connectivity index (χ0v) is 20.5. The van der Waals surface area contributed by atoms with Gasteiger partial charge in [-0.1, -0.05) is 83.9 Å². The van der Waals surface area contributed by atoms with Crippen LogP contribution in [-0.2, 0) is 10.3 Å². The van der Waals surface area contributed by atoms with Crippen LogP contribution in [0.25, 0.3) is 0 Å². The Balaban J connectivity index is 1.65. The molecular weight excluding hydrogens is 493 g/mol. The van der Waals surface area contributed by atoms with Crippen molar-refractivity contribution >= 4 is 40.6 Å². The average Bonchev–Trinajstić information content (AvgIpc) is 3.40. The van der Waals surface area contributed by atoms with E-state index in [0.29, 0.717) is 21.4 Å². The highest BCUT2D eigenvalue weighted by Gasteiger charge is 2.65. The molecule has 0 radical (unpaired) electrons. The molecule has 36 heavy (non-hydrogen) atoms. The zero-order chi connectivity index (χ0) is 24.9. The predicted octanol–water partition coefficient (Wildman–Crippen LogP) is 6.16. The Kier molecular flexibility index (Phi) is 5.64. The SMILES string of the molecule is O=C(c1ccccn1)[C@@H]1[C@@H](c2ccc(Cl)cc2Cl)[C@H](c2ccccc2)NC12C(=O)Nc1ccccc12. The lowest BCUT2D eigenvalue weighted by molar-refractivity contribution is -0.122. The molecule has 3 aromatic carbocycles. The average molecular weight is 514 g/mol. The molecule has 1 amide bonds. The Morgan fingerprint density at radius 3 is 2.39 bits per heavy atom. The van der Waals surface area contributed by atoms with E-state index in [0.717, 1.165) is 16.7 Å². The molecule has 178 valence electrons. The minimum absolute atomic E-state index is 0.232. The fourth-order valence-electron chi connectivity index (χ4n) is 5.73. The number of amides is 1. The summed E-state index contributed by atoms with van der Waals surface area (Å²) in [6, 6.07) is 27.4. The number of nitrogens with one attached hydrogen (secondary N) is 2. The Labute approximate surface area is 218 Å². The van der Waals surface area contributed by atoms with Gasteiger partial charge in [-0.15, -0.1) is 0 Å². The van der Waals surface area contributed by atoms with E-state index in [9.17, 15) is 9.59 Å². The number of Topliss-reactive ketones (excluding diaryl/α,β-unsaturated/α-hetero) is 1.